The largest absolute Gasteiger partial charge is 0.494 e. The van der Waals surface area contributed by atoms with Crippen LogP contribution in [0.3, 0.4) is 0 Å². The number of rotatable bonds is 4. The van der Waals surface area contributed by atoms with E-state index in [1.54, 1.807) is 0 Å². The van der Waals surface area contributed by atoms with Gasteiger partial charge >= 0.3 is 6.09 Å². The molecule has 0 aliphatic heterocycles. The van der Waals surface area contributed by atoms with Gasteiger partial charge in [-0.05, 0) is 52.3 Å². The molecule has 4 nitrogen and oxygen atoms in total. The third-order valence-electron chi connectivity index (χ3n) is 2.42. The fourth-order valence-electron chi connectivity index (χ4n) is 1.59. The number of benzene rings is 1. The molecule has 1 unspecified atom stereocenters. The van der Waals surface area contributed by atoms with Crippen LogP contribution in [0.2, 0.25) is 0 Å². The van der Waals surface area contributed by atoms with Gasteiger partial charge in [0.1, 0.15) is 11.4 Å². The summed E-state index contributed by atoms with van der Waals surface area (Å²) in [5, 5.41) is 2.80. The average Bonchev–Trinajstić information content (AvgIpc) is 2.27. The van der Waals surface area contributed by atoms with Crippen LogP contribution in [-0.2, 0) is 4.74 Å². The maximum absolute atomic E-state index is 11.7. The molecule has 0 aromatic heterocycles. The number of carbonyl (C=O) groups excluding carboxylic acids is 1. The van der Waals surface area contributed by atoms with E-state index in [2.05, 4.69) is 5.32 Å². The molecule has 1 aromatic carbocycles. The fraction of sp³-hybridized carbons (Fsp3) is 0.533. The van der Waals surface area contributed by atoms with E-state index in [0.717, 1.165) is 11.3 Å². The van der Waals surface area contributed by atoms with Gasteiger partial charge in [0.25, 0.3) is 0 Å². The third kappa shape index (κ3) is 5.64. The van der Waals surface area contributed by atoms with Gasteiger partial charge in [-0.15, -0.1) is 0 Å². The van der Waals surface area contributed by atoms with Crippen LogP contribution < -0.4 is 10.1 Å². The number of carbonyl (C=O) groups is 1. The molecule has 4 heteroatoms. The van der Waals surface area contributed by atoms with Crippen molar-refractivity contribution in [1.29, 1.82) is 0 Å². The summed E-state index contributed by atoms with van der Waals surface area (Å²) in [6.07, 6.45) is -0.408. The summed E-state index contributed by atoms with van der Waals surface area (Å²) in [6.45, 7) is 10.0. The molecule has 0 aliphatic carbocycles. The summed E-state index contributed by atoms with van der Waals surface area (Å²) in [5.74, 6) is 0.829. The van der Waals surface area contributed by atoms with E-state index in [0.29, 0.717) is 6.61 Å². The molecule has 19 heavy (non-hydrogen) atoms. The summed E-state index contributed by atoms with van der Waals surface area (Å²) in [7, 11) is 0. The van der Waals surface area contributed by atoms with E-state index in [1.807, 2.05) is 58.9 Å². The molecule has 1 rings (SSSR count). The highest BCUT2D eigenvalue weighted by Crippen LogP contribution is 2.18. The van der Waals surface area contributed by atoms with Crippen molar-refractivity contribution in [2.75, 3.05) is 6.61 Å². The van der Waals surface area contributed by atoms with E-state index >= 15 is 0 Å². The van der Waals surface area contributed by atoms with Crippen LogP contribution in [0.15, 0.2) is 24.3 Å². The predicted molar refractivity (Wildman–Crippen MR) is 75.4 cm³/mol. The average molecular weight is 265 g/mol. The molecule has 0 fully saturated rings. The van der Waals surface area contributed by atoms with E-state index in [1.165, 1.54) is 0 Å². The molecular formula is C15H23NO3. The molecule has 1 amide bonds. The second kappa shape index (κ2) is 6.45. The minimum absolute atomic E-state index is 0.106. The second-order valence-electron chi connectivity index (χ2n) is 5.37. The van der Waals surface area contributed by atoms with Crippen LogP contribution in [0.4, 0.5) is 4.79 Å². The molecule has 0 saturated heterocycles. The minimum Gasteiger partial charge on any atom is -0.494 e. The lowest BCUT2D eigenvalue weighted by molar-refractivity contribution is 0.0508. The van der Waals surface area contributed by atoms with Gasteiger partial charge in [0.05, 0.1) is 12.6 Å². The first-order valence-corrected chi connectivity index (χ1v) is 6.54. The van der Waals surface area contributed by atoms with Crippen LogP contribution >= 0.6 is 0 Å². The van der Waals surface area contributed by atoms with Crippen LogP contribution in [0.1, 0.15) is 46.2 Å². The number of hydrogen-bond donors (Lipinski definition) is 1. The zero-order valence-corrected chi connectivity index (χ0v) is 12.3. The first kappa shape index (κ1) is 15.3. The highest BCUT2D eigenvalue weighted by atomic mass is 16.6. The highest BCUT2D eigenvalue weighted by Gasteiger charge is 2.18. The van der Waals surface area contributed by atoms with Gasteiger partial charge in [-0.1, -0.05) is 12.1 Å². The Labute approximate surface area is 115 Å². The van der Waals surface area contributed by atoms with Crippen molar-refractivity contribution in [2.24, 2.45) is 0 Å². The first-order valence-electron chi connectivity index (χ1n) is 6.54. The lowest BCUT2D eigenvalue weighted by Crippen LogP contribution is -2.34. The molecule has 1 aromatic rings. The molecule has 0 aliphatic rings. The van der Waals surface area contributed by atoms with Crippen LogP contribution in [0, 0.1) is 0 Å². The lowest BCUT2D eigenvalue weighted by atomic mass is 10.1. The standard InChI is InChI=1S/C15H23NO3/c1-6-18-13-9-7-12(8-10-13)11(2)16-14(17)19-15(3,4)5/h7-11H,6H2,1-5H3,(H,16,17). The van der Waals surface area contributed by atoms with E-state index in [4.69, 9.17) is 9.47 Å². The number of hydrogen-bond acceptors (Lipinski definition) is 3. The minimum atomic E-state index is -0.484. The normalized spacial score (nSPS) is 12.7. The maximum atomic E-state index is 11.7. The van der Waals surface area contributed by atoms with Gasteiger partial charge in [-0.2, -0.15) is 0 Å². The number of ether oxygens (including phenoxy) is 2. The van der Waals surface area contributed by atoms with Gasteiger partial charge in [-0.3, -0.25) is 0 Å². The first-order chi connectivity index (χ1) is 8.81. The molecule has 0 radical (unpaired) electrons. The Morgan fingerprint density at radius 1 is 1.26 bits per heavy atom. The Morgan fingerprint density at radius 2 is 1.84 bits per heavy atom. The van der Waals surface area contributed by atoms with Gasteiger partial charge in [0.2, 0.25) is 0 Å². The van der Waals surface area contributed by atoms with Gasteiger partial charge in [-0.25, -0.2) is 4.79 Å². The predicted octanol–water partition coefficient (Wildman–Crippen LogP) is 3.67. The fourth-order valence-corrected chi connectivity index (χ4v) is 1.59. The van der Waals surface area contributed by atoms with E-state index in [9.17, 15) is 4.79 Å². The Bertz CT molecular complexity index is 406. The third-order valence-corrected chi connectivity index (χ3v) is 2.42. The zero-order valence-electron chi connectivity index (χ0n) is 12.3. The van der Waals surface area contributed by atoms with Crippen molar-refractivity contribution < 1.29 is 14.3 Å². The quantitative estimate of drug-likeness (QED) is 0.903. The van der Waals surface area contributed by atoms with Gasteiger partial charge in [0, 0.05) is 0 Å². The molecular weight excluding hydrogens is 242 g/mol. The van der Waals surface area contributed by atoms with Crippen molar-refractivity contribution in [3.05, 3.63) is 29.8 Å². The molecule has 0 spiro atoms. The maximum Gasteiger partial charge on any atom is 0.408 e. The Hall–Kier alpha value is -1.71. The Balaban J connectivity index is 2.57. The molecule has 0 heterocycles. The van der Waals surface area contributed by atoms with Crippen molar-refractivity contribution in [3.8, 4) is 5.75 Å². The summed E-state index contributed by atoms with van der Waals surface area (Å²) >= 11 is 0. The summed E-state index contributed by atoms with van der Waals surface area (Å²) in [6, 6.07) is 7.56. The Morgan fingerprint density at radius 3 is 2.32 bits per heavy atom. The molecule has 1 N–H and O–H groups in total. The lowest BCUT2D eigenvalue weighted by Gasteiger charge is -2.22. The molecule has 0 saturated carbocycles. The van der Waals surface area contributed by atoms with Crippen molar-refractivity contribution in [3.63, 3.8) is 0 Å². The molecule has 106 valence electrons. The monoisotopic (exact) mass is 265 g/mol. The molecule has 1 atom stereocenters. The summed E-state index contributed by atoms with van der Waals surface area (Å²) < 4.78 is 10.6. The summed E-state index contributed by atoms with van der Waals surface area (Å²) in [4.78, 5) is 11.7. The SMILES string of the molecule is CCOc1ccc(C(C)NC(=O)OC(C)(C)C)cc1. The smallest absolute Gasteiger partial charge is 0.408 e. The van der Waals surface area contributed by atoms with Crippen LogP contribution in [0.25, 0.3) is 0 Å². The zero-order chi connectivity index (χ0) is 14.5. The summed E-state index contributed by atoms with van der Waals surface area (Å²) in [5.41, 5.74) is 0.525. The van der Waals surface area contributed by atoms with E-state index in [-0.39, 0.29) is 6.04 Å². The number of nitrogens with one attached hydrogen (secondary N) is 1. The van der Waals surface area contributed by atoms with Crippen molar-refractivity contribution >= 4 is 6.09 Å². The topological polar surface area (TPSA) is 47.6 Å². The number of amides is 1. The van der Waals surface area contributed by atoms with Gasteiger partial charge < -0.3 is 14.8 Å². The second-order valence-corrected chi connectivity index (χ2v) is 5.37. The Kier molecular flexibility index (Phi) is 5.21. The van der Waals surface area contributed by atoms with E-state index < -0.39 is 11.7 Å². The van der Waals surface area contributed by atoms with Gasteiger partial charge in [0.15, 0.2) is 0 Å². The molecule has 0 bridgehead atoms. The van der Waals surface area contributed by atoms with Crippen molar-refractivity contribution in [1.82, 2.24) is 5.32 Å². The number of alkyl carbamates (subject to hydrolysis) is 1. The van der Waals surface area contributed by atoms with Crippen LogP contribution in [0.5, 0.6) is 5.75 Å². The van der Waals surface area contributed by atoms with Crippen molar-refractivity contribution in [2.45, 2.75) is 46.3 Å². The van der Waals surface area contributed by atoms with Crippen LogP contribution in [-0.4, -0.2) is 18.3 Å². The highest BCUT2D eigenvalue weighted by molar-refractivity contribution is 5.68.